The summed E-state index contributed by atoms with van der Waals surface area (Å²) < 4.78 is 15.7. The van der Waals surface area contributed by atoms with E-state index in [-0.39, 0.29) is 12.5 Å². The van der Waals surface area contributed by atoms with Gasteiger partial charge < -0.3 is 25.3 Å². The zero-order chi connectivity index (χ0) is 19.3. The molecular weight excluding hydrogens is 360 g/mol. The molecule has 3 N–H and O–H groups in total. The van der Waals surface area contributed by atoms with Crippen molar-refractivity contribution in [3.05, 3.63) is 46.5 Å². The lowest BCUT2D eigenvalue weighted by Crippen LogP contribution is -2.20. The lowest BCUT2D eigenvalue weighted by Gasteiger charge is -2.14. The molecule has 2 rings (SSSR count). The molecule has 2 amide bonds. The van der Waals surface area contributed by atoms with Crippen LogP contribution in [0.2, 0.25) is 5.02 Å². The minimum Gasteiger partial charge on any atom is -0.495 e. The quantitative estimate of drug-likeness (QED) is 0.771. The predicted molar refractivity (Wildman–Crippen MR) is 98.4 cm³/mol. The third-order valence-electron chi connectivity index (χ3n) is 3.52. The van der Waals surface area contributed by atoms with Crippen LogP contribution in [0.25, 0.3) is 0 Å². The van der Waals surface area contributed by atoms with Gasteiger partial charge >= 0.3 is 0 Å². The van der Waals surface area contributed by atoms with Crippen LogP contribution in [-0.2, 0) is 4.79 Å². The van der Waals surface area contributed by atoms with Crippen molar-refractivity contribution in [3.63, 3.8) is 0 Å². The van der Waals surface area contributed by atoms with Gasteiger partial charge in [-0.1, -0.05) is 11.6 Å². The van der Waals surface area contributed by atoms with Crippen molar-refractivity contribution < 1.29 is 23.8 Å². The average Bonchev–Trinajstić information content (AvgIpc) is 2.62. The van der Waals surface area contributed by atoms with E-state index in [1.54, 1.807) is 18.2 Å². The Balaban J connectivity index is 2.25. The lowest BCUT2D eigenvalue weighted by atomic mass is 10.1. The molecule has 26 heavy (non-hydrogen) atoms. The summed E-state index contributed by atoms with van der Waals surface area (Å²) in [5.41, 5.74) is 6.69. The number of carbonyl (C=O) groups is 2. The molecular formula is C18H19ClN2O5. The zero-order valence-corrected chi connectivity index (χ0v) is 15.3. The number of anilines is 1. The van der Waals surface area contributed by atoms with Gasteiger partial charge in [0.25, 0.3) is 11.8 Å². The van der Waals surface area contributed by atoms with Crippen LogP contribution < -0.4 is 25.3 Å². The van der Waals surface area contributed by atoms with Crippen molar-refractivity contribution in [1.29, 1.82) is 0 Å². The molecule has 7 nitrogen and oxygen atoms in total. The summed E-state index contributed by atoms with van der Waals surface area (Å²) in [5, 5.41) is 3.31. The van der Waals surface area contributed by atoms with E-state index < -0.39 is 5.91 Å². The number of benzene rings is 2. The highest BCUT2D eigenvalue weighted by Gasteiger charge is 2.15. The first-order valence-electron chi connectivity index (χ1n) is 7.60. The molecule has 0 saturated carbocycles. The Morgan fingerprint density at radius 2 is 1.77 bits per heavy atom. The molecule has 0 fully saturated rings. The molecule has 0 aliphatic rings. The summed E-state index contributed by atoms with van der Waals surface area (Å²) in [6.07, 6.45) is 0. The lowest BCUT2D eigenvalue weighted by molar-refractivity contribution is -0.119. The molecule has 2 aromatic rings. The van der Waals surface area contributed by atoms with Crippen LogP contribution in [0.3, 0.4) is 0 Å². The number of primary amides is 1. The zero-order valence-electron chi connectivity index (χ0n) is 14.6. The topological polar surface area (TPSA) is 99.9 Å². The molecule has 0 aliphatic carbocycles. The average molecular weight is 379 g/mol. The van der Waals surface area contributed by atoms with Gasteiger partial charge in [-0.15, -0.1) is 0 Å². The summed E-state index contributed by atoms with van der Waals surface area (Å²) in [5.74, 6) is 0.0760. The maximum Gasteiger partial charge on any atom is 0.255 e. The number of methoxy groups -OCH3 is 2. The Morgan fingerprint density at radius 1 is 1.08 bits per heavy atom. The van der Waals surface area contributed by atoms with E-state index in [0.717, 1.165) is 5.56 Å². The number of nitrogens with two attached hydrogens (primary N) is 1. The number of hydrogen-bond acceptors (Lipinski definition) is 5. The third kappa shape index (κ3) is 4.58. The van der Waals surface area contributed by atoms with Crippen LogP contribution in [0, 0.1) is 6.92 Å². The molecule has 0 aromatic heterocycles. The molecule has 2 aromatic carbocycles. The number of rotatable bonds is 7. The Labute approximate surface area is 156 Å². The van der Waals surface area contributed by atoms with Gasteiger partial charge in [0.2, 0.25) is 0 Å². The van der Waals surface area contributed by atoms with Gasteiger partial charge in [-0.25, -0.2) is 0 Å². The Bertz CT molecular complexity index is 839. The number of nitrogens with one attached hydrogen (secondary N) is 1. The molecule has 0 heterocycles. The highest BCUT2D eigenvalue weighted by Crippen LogP contribution is 2.32. The van der Waals surface area contributed by atoms with Crippen molar-refractivity contribution >= 4 is 29.1 Å². The number of halogens is 1. The molecule has 0 aliphatic heterocycles. The predicted octanol–water partition coefficient (Wildman–Crippen LogP) is 2.78. The molecule has 0 spiro atoms. The molecule has 138 valence electrons. The van der Waals surface area contributed by atoms with E-state index in [1.807, 2.05) is 6.92 Å². The Hall–Kier alpha value is -2.93. The maximum absolute atomic E-state index is 12.6. The second-order valence-electron chi connectivity index (χ2n) is 5.38. The van der Waals surface area contributed by atoms with Crippen LogP contribution in [-0.4, -0.2) is 32.6 Å². The van der Waals surface area contributed by atoms with Crippen molar-refractivity contribution in [2.75, 3.05) is 26.1 Å². The van der Waals surface area contributed by atoms with Crippen molar-refractivity contribution in [2.24, 2.45) is 5.73 Å². The van der Waals surface area contributed by atoms with E-state index in [2.05, 4.69) is 5.32 Å². The normalized spacial score (nSPS) is 10.2. The molecule has 0 unspecified atom stereocenters. The minimum absolute atomic E-state index is 0.289. The number of aryl methyl sites for hydroxylation is 1. The van der Waals surface area contributed by atoms with Crippen molar-refractivity contribution in [1.82, 2.24) is 0 Å². The number of ether oxygens (including phenoxy) is 3. The summed E-state index contributed by atoms with van der Waals surface area (Å²) in [7, 11) is 2.92. The van der Waals surface area contributed by atoms with Gasteiger partial charge in [-0.05, 0) is 36.8 Å². The fourth-order valence-electron chi connectivity index (χ4n) is 2.20. The molecule has 0 radical (unpaired) electrons. The third-order valence-corrected chi connectivity index (χ3v) is 3.93. The highest BCUT2D eigenvalue weighted by molar-refractivity contribution is 6.31. The second kappa shape index (κ2) is 8.44. The monoisotopic (exact) mass is 378 g/mol. The van der Waals surface area contributed by atoms with Gasteiger partial charge in [0.15, 0.2) is 18.1 Å². The van der Waals surface area contributed by atoms with Crippen LogP contribution >= 0.6 is 11.6 Å². The summed E-state index contributed by atoms with van der Waals surface area (Å²) in [6, 6.07) is 7.93. The van der Waals surface area contributed by atoms with Crippen LogP contribution in [0.1, 0.15) is 15.9 Å². The first-order chi connectivity index (χ1) is 12.3. The highest BCUT2D eigenvalue weighted by atomic mass is 35.5. The standard InChI is InChI=1S/C18H19ClN2O5/c1-10-6-13(15(24-2)8-12(10)19)21-18(23)11-4-5-14(16(7-11)25-3)26-9-17(20)22/h4-8H,9H2,1-3H3,(H2,20,22)(H,21,23). The smallest absolute Gasteiger partial charge is 0.255 e. The van der Waals surface area contributed by atoms with E-state index >= 15 is 0 Å². The molecule has 0 saturated heterocycles. The molecule has 0 bridgehead atoms. The number of hydrogen-bond donors (Lipinski definition) is 2. The van der Waals surface area contributed by atoms with E-state index in [0.29, 0.717) is 33.5 Å². The largest absolute Gasteiger partial charge is 0.495 e. The van der Waals surface area contributed by atoms with Crippen LogP contribution in [0.5, 0.6) is 17.2 Å². The summed E-state index contributed by atoms with van der Waals surface area (Å²) >= 11 is 6.07. The number of carbonyl (C=O) groups excluding carboxylic acids is 2. The van der Waals surface area contributed by atoms with Crippen molar-refractivity contribution in [3.8, 4) is 17.2 Å². The fraction of sp³-hybridized carbons (Fsp3) is 0.222. The fourth-order valence-corrected chi connectivity index (χ4v) is 2.35. The van der Waals surface area contributed by atoms with Gasteiger partial charge in [-0.2, -0.15) is 0 Å². The van der Waals surface area contributed by atoms with Gasteiger partial charge in [0, 0.05) is 16.7 Å². The minimum atomic E-state index is -0.612. The van der Waals surface area contributed by atoms with E-state index in [4.69, 9.17) is 31.5 Å². The Morgan fingerprint density at radius 3 is 2.38 bits per heavy atom. The second-order valence-corrected chi connectivity index (χ2v) is 5.78. The first kappa shape index (κ1) is 19.4. The maximum atomic E-state index is 12.6. The van der Waals surface area contributed by atoms with E-state index in [9.17, 15) is 9.59 Å². The van der Waals surface area contributed by atoms with Crippen LogP contribution in [0.15, 0.2) is 30.3 Å². The van der Waals surface area contributed by atoms with Gasteiger partial charge in [0.1, 0.15) is 5.75 Å². The summed E-state index contributed by atoms with van der Waals surface area (Å²) in [6.45, 7) is 1.54. The van der Waals surface area contributed by atoms with Gasteiger partial charge in [-0.3, -0.25) is 9.59 Å². The SMILES string of the molecule is COc1cc(Cl)c(C)cc1NC(=O)c1ccc(OCC(N)=O)c(OC)c1. The number of amides is 2. The van der Waals surface area contributed by atoms with Gasteiger partial charge in [0.05, 0.1) is 19.9 Å². The molecule has 0 atom stereocenters. The van der Waals surface area contributed by atoms with Crippen molar-refractivity contribution in [2.45, 2.75) is 6.92 Å². The first-order valence-corrected chi connectivity index (χ1v) is 7.98. The van der Waals surface area contributed by atoms with E-state index in [1.165, 1.54) is 26.4 Å². The summed E-state index contributed by atoms with van der Waals surface area (Å²) in [4.78, 5) is 23.4. The van der Waals surface area contributed by atoms with Crippen LogP contribution in [0.4, 0.5) is 5.69 Å². The molecule has 8 heteroatoms. The Kier molecular flexibility index (Phi) is 6.30.